The Morgan fingerprint density at radius 3 is 2.78 bits per heavy atom. The minimum absolute atomic E-state index is 0.0842. The van der Waals surface area contributed by atoms with Crippen molar-refractivity contribution in [3.8, 4) is 0 Å². The van der Waals surface area contributed by atoms with Gasteiger partial charge in [0.1, 0.15) is 5.82 Å². The number of urea groups is 1. The van der Waals surface area contributed by atoms with Crippen molar-refractivity contribution in [3.05, 3.63) is 35.6 Å². The number of hydrogen-bond donors (Lipinski definition) is 2. The molecule has 1 atom stereocenters. The minimum Gasteiger partial charge on any atom is -0.481 e. The lowest BCUT2D eigenvalue weighted by Crippen LogP contribution is -2.52. The van der Waals surface area contributed by atoms with Crippen molar-refractivity contribution in [2.45, 2.75) is 37.6 Å². The highest BCUT2D eigenvalue weighted by molar-refractivity contribution is 5.77. The quantitative estimate of drug-likeness (QED) is 0.899. The second kappa shape index (κ2) is 6.56. The van der Waals surface area contributed by atoms with Gasteiger partial charge in [-0.1, -0.05) is 12.1 Å². The highest BCUT2D eigenvalue weighted by Gasteiger charge is 2.34. The zero-order valence-corrected chi connectivity index (χ0v) is 12.9. The zero-order chi connectivity index (χ0) is 16.4. The van der Waals surface area contributed by atoms with Crippen LogP contribution in [0.5, 0.6) is 0 Å². The van der Waals surface area contributed by atoms with Gasteiger partial charge >= 0.3 is 12.0 Å². The van der Waals surface area contributed by atoms with Crippen molar-refractivity contribution in [1.82, 2.24) is 10.2 Å². The summed E-state index contributed by atoms with van der Waals surface area (Å²) < 4.78 is 13.2. The van der Waals surface area contributed by atoms with Crippen LogP contribution in [0.25, 0.3) is 0 Å². The number of hydrogen-bond acceptors (Lipinski definition) is 2. The van der Waals surface area contributed by atoms with Crippen LogP contribution in [0.3, 0.4) is 0 Å². The number of aliphatic carboxylic acids is 1. The first-order chi connectivity index (χ1) is 11.0. The van der Waals surface area contributed by atoms with Crippen LogP contribution in [0.15, 0.2) is 24.3 Å². The van der Waals surface area contributed by atoms with Gasteiger partial charge in [-0.2, -0.15) is 0 Å². The molecule has 1 saturated carbocycles. The number of piperidine rings is 1. The molecule has 2 aliphatic rings. The first-order valence-electron chi connectivity index (χ1n) is 8.06. The molecule has 0 radical (unpaired) electrons. The monoisotopic (exact) mass is 320 g/mol. The van der Waals surface area contributed by atoms with Gasteiger partial charge in [-0.15, -0.1) is 0 Å². The SMILES string of the molecule is O=C(O)[C@H]1CCCN(C(=O)NC2CC(c3cccc(F)c3)C2)C1. The highest BCUT2D eigenvalue weighted by atomic mass is 19.1. The highest BCUT2D eigenvalue weighted by Crippen LogP contribution is 2.37. The molecule has 0 unspecified atom stereocenters. The third-order valence-electron chi connectivity index (χ3n) is 4.84. The molecule has 2 fully saturated rings. The van der Waals surface area contributed by atoms with Gasteiger partial charge in [-0.25, -0.2) is 9.18 Å². The summed E-state index contributed by atoms with van der Waals surface area (Å²) in [5.74, 6) is -1.25. The van der Waals surface area contributed by atoms with E-state index in [1.54, 1.807) is 17.0 Å². The normalized spacial score (nSPS) is 27.2. The van der Waals surface area contributed by atoms with E-state index in [9.17, 15) is 14.0 Å². The molecule has 1 aliphatic carbocycles. The molecule has 1 aromatic carbocycles. The topological polar surface area (TPSA) is 69.6 Å². The maximum atomic E-state index is 13.2. The molecule has 2 amide bonds. The molecule has 2 N–H and O–H groups in total. The van der Waals surface area contributed by atoms with Crippen LogP contribution >= 0.6 is 0 Å². The molecular weight excluding hydrogens is 299 g/mol. The smallest absolute Gasteiger partial charge is 0.317 e. The standard InChI is InChI=1S/C17H21FN2O3/c18-14-5-1-3-11(7-14)13-8-15(9-13)19-17(23)20-6-2-4-12(10-20)16(21)22/h1,3,5,7,12-13,15H,2,4,6,8-10H2,(H,19,23)(H,21,22)/t12-,13?,15?/m0/s1. The molecule has 0 bridgehead atoms. The molecular formula is C17H21FN2O3. The third-order valence-corrected chi connectivity index (χ3v) is 4.84. The number of likely N-dealkylation sites (tertiary alicyclic amines) is 1. The number of halogens is 1. The fourth-order valence-electron chi connectivity index (χ4n) is 3.40. The zero-order valence-electron chi connectivity index (χ0n) is 12.9. The maximum absolute atomic E-state index is 13.2. The van der Waals surface area contributed by atoms with Crippen LogP contribution in [0.4, 0.5) is 9.18 Å². The van der Waals surface area contributed by atoms with E-state index in [4.69, 9.17) is 5.11 Å². The van der Waals surface area contributed by atoms with E-state index < -0.39 is 11.9 Å². The first-order valence-corrected chi connectivity index (χ1v) is 8.06. The van der Waals surface area contributed by atoms with Crippen molar-refractivity contribution in [2.24, 2.45) is 5.92 Å². The number of nitrogens with one attached hydrogen (secondary N) is 1. The lowest BCUT2D eigenvalue weighted by Gasteiger charge is -2.38. The maximum Gasteiger partial charge on any atom is 0.317 e. The summed E-state index contributed by atoms with van der Waals surface area (Å²) >= 11 is 0. The van der Waals surface area contributed by atoms with Crippen LogP contribution in [0, 0.1) is 11.7 Å². The van der Waals surface area contributed by atoms with Crippen LogP contribution in [0.2, 0.25) is 0 Å². The molecule has 1 aromatic rings. The average Bonchev–Trinajstić information content (AvgIpc) is 2.50. The predicted octanol–water partition coefficient (Wildman–Crippen LogP) is 2.58. The molecule has 1 saturated heterocycles. The molecule has 3 rings (SSSR count). The number of rotatable bonds is 3. The van der Waals surface area contributed by atoms with Gasteiger partial charge in [0, 0.05) is 19.1 Å². The molecule has 0 spiro atoms. The predicted molar refractivity (Wildman–Crippen MR) is 82.6 cm³/mol. The summed E-state index contributed by atoms with van der Waals surface area (Å²) in [6.45, 7) is 0.886. The van der Waals surface area contributed by atoms with E-state index in [1.807, 2.05) is 6.07 Å². The van der Waals surface area contributed by atoms with Gasteiger partial charge in [-0.05, 0) is 49.3 Å². The van der Waals surface area contributed by atoms with Gasteiger partial charge in [0.2, 0.25) is 0 Å². The lowest BCUT2D eigenvalue weighted by molar-refractivity contribution is -0.143. The van der Waals surface area contributed by atoms with Crippen molar-refractivity contribution in [3.63, 3.8) is 0 Å². The van der Waals surface area contributed by atoms with Crippen molar-refractivity contribution < 1.29 is 19.1 Å². The Morgan fingerprint density at radius 2 is 2.09 bits per heavy atom. The number of carbonyl (C=O) groups is 2. The van der Waals surface area contributed by atoms with Crippen molar-refractivity contribution in [1.29, 1.82) is 0 Å². The minimum atomic E-state index is -0.836. The second-order valence-electron chi connectivity index (χ2n) is 6.49. The third kappa shape index (κ3) is 3.63. The summed E-state index contributed by atoms with van der Waals surface area (Å²) in [5, 5.41) is 12.0. The number of carbonyl (C=O) groups excluding carboxylic acids is 1. The molecule has 0 aromatic heterocycles. The molecule has 124 valence electrons. The van der Waals surface area contributed by atoms with Crippen LogP contribution < -0.4 is 5.32 Å². The van der Waals surface area contributed by atoms with E-state index in [0.29, 0.717) is 13.0 Å². The summed E-state index contributed by atoms with van der Waals surface area (Å²) in [5.41, 5.74) is 0.972. The largest absolute Gasteiger partial charge is 0.481 e. The number of benzene rings is 1. The summed E-state index contributed by atoms with van der Waals surface area (Å²) in [6, 6.07) is 6.49. The molecule has 1 aliphatic heterocycles. The van der Waals surface area contributed by atoms with Crippen LogP contribution in [-0.2, 0) is 4.79 Å². The Labute approximate surface area is 134 Å². The van der Waals surface area contributed by atoms with E-state index in [-0.39, 0.29) is 30.4 Å². The van der Waals surface area contributed by atoms with Gasteiger partial charge in [-0.3, -0.25) is 4.79 Å². The summed E-state index contributed by atoms with van der Waals surface area (Å²) in [4.78, 5) is 24.9. The van der Waals surface area contributed by atoms with Crippen LogP contribution in [-0.4, -0.2) is 41.1 Å². The van der Waals surface area contributed by atoms with E-state index in [2.05, 4.69) is 5.32 Å². The molecule has 1 heterocycles. The molecule has 23 heavy (non-hydrogen) atoms. The van der Waals surface area contributed by atoms with E-state index in [0.717, 1.165) is 24.8 Å². The Bertz CT molecular complexity index is 601. The van der Waals surface area contributed by atoms with Gasteiger partial charge < -0.3 is 15.3 Å². The van der Waals surface area contributed by atoms with Gasteiger partial charge in [0.25, 0.3) is 0 Å². The number of carboxylic acid groups (broad SMARTS) is 1. The molecule has 6 heteroatoms. The summed E-state index contributed by atoms with van der Waals surface area (Å²) in [6.07, 6.45) is 2.95. The Hall–Kier alpha value is -2.11. The summed E-state index contributed by atoms with van der Waals surface area (Å²) in [7, 11) is 0. The van der Waals surface area contributed by atoms with Gasteiger partial charge in [0.05, 0.1) is 5.92 Å². The van der Waals surface area contributed by atoms with E-state index >= 15 is 0 Å². The van der Waals surface area contributed by atoms with Crippen molar-refractivity contribution >= 4 is 12.0 Å². The Morgan fingerprint density at radius 1 is 1.30 bits per heavy atom. The fraction of sp³-hybridized carbons (Fsp3) is 0.529. The average molecular weight is 320 g/mol. The van der Waals surface area contributed by atoms with E-state index in [1.165, 1.54) is 6.07 Å². The number of carboxylic acids is 1. The lowest BCUT2D eigenvalue weighted by atomic mass is 9.76. The van der Waals surface area contributed by atoms with Gasteiger partial charge in [0.15, 0.2) is 0 Å². The fourth-order valence-corrected chi connectivity index (χ4v) is 3.40. The first kappa shape index (κ1) is 15.8. The number of nitrogens with zero attached hydrogens (tertiary/aromatic N) is 1. The Balaban J connectivity index is 1.48. The Kier molecular flexibility index (Phi) is 4.50. The number of amides is 2. The second-order valence-corrected chi connectivity index (χ2v) is 6.49. The van der Waals surface area contributed by atoms with Crippen LogP contribution in [0.1, 0.15) is 37.2 Å². The van der Waals surface area contributed by atoms with Crippen molar-refractivity contribution in [2.75, 3.05) is 13.1 Å². The molecule has 5 nitrogen and oxygen atoms in total.